The van der Waals surface area contributed by atoms with Crippen molar-refractivity contribution in [2.24, 2.45) is 5.92 Å². The number of carbonyl (C=O) groups is 1. The van der Waals surface area contributed by atoms with Gasteiger partial charge in [-0.3, -0.25) is 4.79 Å². The maximum Gasteiger partial charge on any atom is 0.224 e. The molecule has 80 valence electrons. The van der Waals surface area contributed by atoms with Gasteiger partial charge in [-0.25, -0.2) is 0 Å². The van der Waals surface area contributed by atoms with Crippen LogP contribution in [0, 0.1) is 9.49 Å². The third kappa shape index (κ3) is 3.45. The monoisotopic (exact) mass is 379 g/mol. The van der Waals surface area contributed by atoms with Crippen LogP contribution in [0.1, 0.15) is 19.3 Å². The normalized spacial score (nSPS) is 15.1. The molecule has 0 aromatic heterocycles. The second-order valence-electron chi connectivity index (χ2n) is 3.82. The highest BCUT2D eigenvalue weighted by molar-refractivity contribution is 14.1. The summed E-state index contributed by atoms with van der Waals surface area (Å²) in [4.78, 5) is 11.5. The van der Waals surface area contributed by atoms with E-state index >= 15 is 0 Å². The van der Waals surface area contributed by atoms with Crippen molar-refractivity contribution < 1.29 is 4.79 Å². The number of benzene rings is 1. The van der Waals surface area contributed by atoms with Crippen LogP contribution in [-0.2, 0) is 4.79 Å². The molecule has 1 aromatic carbocycles. The van der Waals surface area contributed by atoms with Crippen molar-refractivity contribution in [3.05, 3.63) is 26.2 Å². The quantitative estimate of drug-likeness (QED) is 0.795. The highest BCUT2D eigenvalue weighted by Gasteiger charge is 2.24. The minimum atomic E-state index is 0.135. The van der Waals surface area contributed by atoms with E-state index in [0.717, 1.165) is 13.7 Å². The van der Waals surface area contributed by atoms with Crippen LogP contribution < -0.4 is 5.32 Å². The van der Waals surface area contributed by atoms with Gasteiger partial charge in [0.2, 0.25) is 5.91 Å². The summed E-state index contributed by atoms with van der Waals surface area (Å²) in [5.41, 5.74) is 0.883. The summed E-state index contributed by atoms with van der Waals surface area (Å²) < 4.78 is 2.17. The van der Waals surface area contributed by atoms with E-state index in [1.807, 2.05) is 18.2 Å². The second kappa shape index (κ2) is 4.82. The summed E-state index contributed by atoms with van der Waals surface area (Å²) in [7, 11) is 0. The molecule has 0 saturated heterocycles. The van der Waals surface area contributed by atoms with Crippen LogP contribution in [-0.4, -0.2) is 5.91 Å². The highest BCUT2D eigenvalue weighted by Crippen LogP contribution is 2.32. The van der Waals surface area contributed by atoms with Crippen LogP contribution >= 0.6 is 38.5 Å². The SMILES string of the molecule is O=C(CC1CC1)Nc1ccc(Br)c(I)c1. The van der Waals surface area contributed by atoms with Crippen molar-refractivity contribution in [3.63, 3.8) is 0 Å². The zero-order valence-electron chi connectivity index (χ0n) is 8.09. The topological polar surface area (TPSA) is 29.1 Å². The summed E-state index contributed by atoms with van der Waals surface area (Å²) in [5.74, 6) is 0.773. The van der Waals surface area contributed by atoms with Crippen LogP contribution in [0.4, 0.5) is 5.69 Å². The Balaban J connectivity index is 1.97. The standard InChI is InChI=1S/C11H11BrINO/c12-9-4-3-8(6-10(9)13)14-11(15)5-7-1-2-7/h3-4,6-7H,1-2,5H2,(H,14,15). The molecule has 0 heterocycles. The molecule has 0 atom stereocenters. The van der Waals surface area contributed by atoms with Gasteiger partial charge in [0, 0.05) is 20.2 Å². The predicted octanol–water partition coefficient (Wildman–Crippen LogP) is 3.79. The van der Waals surface area contributed by atoms with Crippen LogP contribution in [0.3, 0.4) is 0 Å². The first-order valence-electron chi connectivity index (χ1n) is 4.90. The molecule has 1 fully saturated rings. The highest BCUT2D eigenvalue weighted by atomic mass is 127. The average Bonchev–Trinajstić information content (AvgIpc) is 2.95. The van der Waals surface area contributed by atoms with Crippen molar-refractivity contribution in [2.45, 2.75) is 19.3 Å². The lowest BCUT2D eigenvalue weighted by atomic mass is 10.2. The fourth-order valence-corrected chi connectivity index (χ4v) is 2.13. The smallest absolute Gasteiger partial charge is 0.224 e. The zero-order chi connectivity index (χ0) is 10.8. The third-order valence-corrected chi connectivity index (χ3v) is 4.70. The molecule has 1 amide bonds. The lowest BCUT2D eigenvalue weighted by Gasteiger charge is -2.05. The molecule has 0 aliphatic heterocycles. The van der Waals surface area contributed by atoms with Gasteiger partial charge < -0.3 is 5.32 Å². The van der Waals surface area contributed by atoms with Crippen LogP contribution in [0.2, 0.25) is 0 Å². The first-order chi connectivity index (χ1) is 7.15. The number of anilines is 1. The summed E-state index contributed by atoms with van der Waals surface area (Å²) in [6, 6.07) is 5.83. The van der Waals surface area contributed by atoms with E-state index < -0.39 is 0 Å². The number of rotatable bonds is 3. The maximum atomic E-state index is 11.5. The van der Waals surface area contributed by atoms with Crippen molar-refractivity contribution in [2.75, 3.05) is 5.32 Å². The molecular formula is C11H11BrINO. The van der Waals surface area contributed by atoms with Gasteiger partial charge >= 0.3 is 0 Å². The number of hydrogen-bond acceptors (Lipinski definition) is 1. The van der Waals surface area contributed by atoms with Crippen LogP contribution in [0.25, 0.3) is 0 Å². The maximum absolute atomic E-state index is 11.5. The first-order valence-corrected chi connectivity index (χ1v) is 6.77. The second-order valence-corrected chi connectivity index (χ2v) is 5.84. The number of carbonyl (C=O) groups excluding carboxylic acids is 1. The van der Waals surface area contributed by atoms with Crippen molar-refractivity contribution in [1.82, 2.24) is 0 Å². The first kappa shape index (κ1) is 11.4. The molecule has 0 unspecified atom stereocenters. The average molecular weight is 380 g/mol. The Morgan fingerprint density at radius 2 is 2.27 bits per heavy atom. The van der Waals surface area contributed by atoms with E-state index in [1.165, 1.54) is 12.8 Å². The molecular weight excluding hydrogens is 369 g/mol. The van der Waals surface area contributed by atoms with Crippen LogP contribution in [0.15, 0.2) is 22.7 Å². The van der Waals surface area contributed by atoms with Gasteiger partial charge in [-0.05, 0) is 75.5 Å². The molecule has 0 spiro atoms. The molecule has 2 nitrogen and oxygen atoms in total. The van der Waals surface area contributed by atoms with Crippen molar-refractivity contribution in [3.8, 4) is 0 Å². The Kier molecular flexibility index (Phi) is 3.66. The third-order valence-electron chi connectivity index (χ3n) is 2.37. The molecule has 2 rings (SSSR count). The largest absolute Gasteiger partial charge is 0.326 e. The number of amides is 1. The lowest BCUT2D eigenvalue weighted by molar-refractivity contribution is -0.116. The van der Waals surface area contributed by atoms with Crippen molar-refractivity contribution >= 4 is 50.1 Å². The van der Waals surface area contributed by atoms with E-state index in [4.69, 9.17) is 0 Å². The summed E-state index contributed by atoms with van der Waals surface area (Å²) in [6.45, 7) is 0. The van der Waals surface area contributed by atoms with E-state index in [1.54, 1.807) is 0 Å². The van der Waals surface area contributed by atoms with Gasteiger partial charge in [-0.1, -0.05) is 0 Å². The van der Waals surface area contributed by atoms with Crippen LogP contribution in [0.5, 0.6) is 0 Å². The fraction of sp³-hybridized carbons (Fsp3) is 0.364. The minimum Gasteiger partial charge on any atom is -0.326 e. The van der Waals surface area contributed by atoms with Gasteiger partial charge in [0.05, 0.1) is 0 Å². The Bertz CT molecular complexity index is 390. The van der Waals surface area contributed by atoms with Gasteiger partial charge in [0.25, 0.3) is 0 Å². The van der Waals surface area contributed by atoms with E-state index in [2.05, 4.69) is 43.8 Å². The van der Waals surface area contributed by atoms with Gasteiger partial charge in [0.1, 0.15) is 0 Å². The van der Waals surface area contributed by atoms with Gasteiger partial charge in [0.15, 0.2) is 0 Å². The minimum absolute atomic E-state index is 0.135. The summed E-state index contributed by atoms with van der Waals surface area (Å²) >= 11 is 5.66. The predicted molar refractivity (Wildman–Crippen MR) is 72.8 cm³/mol. The van der Waals surface area contributed by atoms with E-state index in [-0.39, 0.29) is 5.91 Å². The summed E-state index contributed by atoms with van der Waals surface area (Å²) in [5, 5.41) is 2.92. The molecule has 1 aliphatic rings. The molecule has 1 aromatic rings. The molecule has 0 bridgehead atoms. The molecule has 0 radical (unpaired) electrons. The number of hydrogen-bond donors (Lipinski definition) is 1. The van der Waals surface area contributed by atoms with Crippen molar-refractivity contribution in [1.29, 1.82) is 0 Å². The zero-order valence-corrected chi connectivity index (χ0v) is 11.8. The van der Waals surface area contributed by atoms with Gasteiger partial charge in [-0.15, -0.1) is 0 Å². The molecule has 1 N–H and O–H groups in total. The number of nitrogens with one attached hydrogen (secondary N) is 1. The Morgan fingerprint density at radius 3 is 2.87 bits per heavy atom. The number of halogens is 2. The Morgan fingerprint density at radius 1 is 1.53 bits per heavy atom. The summed E-state index contributed by atoms with van der Waals surface area (Å²) in [6.07, 6.45) is 3.10. The van der Waals surface area contributed by atoms with E-state index in [0.29, 0.717) is 12.3 Å². The molecule has 1 saturated carbocycles. The molecule has 4 heteroatoms. The molecule has 15 heavy (non-hydrogen) atoms. The fourth-order valence-electron chi connectivity index (χ4n) is 1.37. The van der Waals surface area contributed by atoms with E-state index in [9.17, 15) is 4.79 Å². The Labute approximate surface area is 111 Å². The lowest BCUT2D eigenvalue weighted by Crippen LogP contribution is -2.11. The van der Waals surface area contributed by atoms with Gasteiger partial charge in [-0.2, -0.15) is 0 Å². The molecule has 1 aliphatic carbocycles. The Hall–Kier alpha value is -0.100.